The molecule has 124 valence electrons. The molecule has 9 heteroatoms. The molecule has 0 fully saturated rings. The molecule has 0 aliphatic rings. The van der Waals surface area contributed by atoms with E-state index < -0.39 is 22.6 Å². The molecule has 7 nitrogen and oxygen atoms in total. The predicted molar refractivity (Wildman–Crippen MR) is 85.8 cm³/mol. The second kappa shape index (κ2) is 8.06. The average Bonchev–Trinajstić information content (AvgIpc) is 2.59. The van der Waals surface area contributed by atoms with E-state index in [1.54, 1.807) is 12.1 Å². The molecule has 2 amide bonds. The smallest absolute Gasteiger partial charge is 0.270 e. The maximum atomic E-state index is 13.4. The van der Waals surface area contributed by atoms with Gasteiger partial charge in [-0.25, -0.2) is 4.39 Å². The summed E-state index contributed by atoms with van der Waals surface area (Å²) in [5, 5.41) is 10.7. The van der Waals surface area contributed by atoms with E-state index in [-0.39, 0.29) is 17.0 Å². The first-order chi connectivity index (χ1) is 11.5. The fourth-order valence-corrected chi connectivity index (χ4v) is 2.44. The van der Waals surface area contributed by atoms with E-state index >= 15 is 0 Å². The van der Waals surface area contributed by atoms with Gasteiger partial charge in [0.2, 0.25) is 5.91 Å². The lowest BCUT2D eigenvalue weighted by Gasteiger charge is -2.07. The van der Waals surface area contributed by atoms with Gasteiger partial charge in [0, 0.05) is 22.6 Å². The number of rotatable bonds is 5. The summed E-state index contributed by atoms with van der Waals surface area (Å²) in [5.41, 5.74) is 4.12. The zero-order valence-corrected chi connectivity index (χ0v) is 13.0. The summed E-state index contributed by atoms with van der Waals surface area (Å²) in [6, 6.07) is 11.1. The lowest BCUT2D eigenvalue weighted by molar-refractivity contribution is -0.384. The highest BCUT2D eigenvalue weighted by Crippen LogP contribution is 2.20. The molecule has 0 bridgehead atoms. The molecular weight excluding hydrogens is 337 g/mol. The maximum absolute atomic E-state index is 13.4. The Morgan fingerprint density at radius 3 is 2.58 bits per heavy atom. The highest BCUT2D eigenvalue weighted by Gasteiger charge is 2.12. The van der Waals surface area contributed by atoms with Crippen molar-refractivity contribution < 1.29 is 18.9 Å². The molecule has 24 heavy (non-hydrogen) atoms. The number of carbonyl (C=O) groups is 2. The Morgan fingerprint density at radius 1 is 1.12 bits per heavy atom. The summed E-state index contributed by atoms with van der Waals surface area (Å²) in [6.07, 6.45) is 0. The monoisotopic (exact) mass is 349 g/mol. The van der Waals surface area contributed by atoms with Gasteiger partial charge in [0.15, 0.2) is 0 Å². The van der Waals surface area contributed by atoms with Gasteiger partial charge in [0.05, 0.1) is 10.7 Å². The van der Waals surface area contributed by atoms with Crippen LogP contribution in [0.4, 0.5) is 10.1 Å². The zero-order chi connectivity index (χ0) is 17.5. The topological polar surface area (TPSA) is 101 Å². The minimum Gasteiger partial charge on any atom is -0.272 e. The SMILES string of the molecule is O=C(CSc1ccccc1F)NNC(=O)c1cccc([N+](=O)[O-])c1. The van der Waals surface area contributed by atoms with E-state index in [0.717, 1.165) is 17.8 Å². The van der Waals surface area contributed by atoms with Crippen molar-refractivity contribution in [1.29, 1.82) is 0 Å². The number of carbonyl (C=O) groups excluding carboxylic acids is 2. The van der Waals surface area contributed by atoms with Crippen LogP contribution < -0.4 is 10.9 Å². The molecule has 0 unspecified atom stereocenters. The summed E-state index contributed by atoms with van der Waals surface area (Å²) in [7, 11) is 0. The fourth-order valence-electron chi connectivity index (χ4n) is 1.70. The number of nitro benzene ring substituents is 1. The zero-order valence-electron chi connectivity index (χ0n) is 12.2. The van der Waals surface area contributed by atoms with Gasteiger partial charge in [-0.15, -0.1) is 11.8 Å². The summed E-state index contributed by atoms with van der Waals surface area (Å²) >= 11 is 0.981. The quantitative estimate of drug-likeness (QED) is 0.490. The Hall–Kier alpha value is -2.94. The van der Waals surface area contributed by atoms with Crippen molar-refractivity contribution in [3.05, 3.63) is 70.0 Å². The minimum atomic E-state index is -0.692. The van der Waals surface area contributed by atoms with Crippen LogP contribution in [-0.4, -0.2) is 22.5 Å². The van der Waals surface area contributed by atoms with Crippen molar-refractivity contribution in [2.75, 3.05) is 5.75 Å². The molecule has 0 saturated heterocycles. The highest BCUT2D eigenvalue weighted by molar-refractivity contribution is 8.00. The Labute approximate surface area is 140 Å². The number of nitro groups is 1. The number of benzene rings is 2. The predicted octanol–water partition coefficient (Wildman–Crippen LogP) is 2.29. The standard InChI is InChI=1S/C15H12FN3O4S/c16-12-6-1-2-7-13(12)24-9-14(20)17-18-15(21)10-4-3-5-11(8-10)19(22)23/h1-8H,9H2,(H,17,20)(H,18,21). The van der Waals surface area contributed by atoms with E-state index in [4.69, 9.17) is 0 Å². The first-order valence-corrected chi connectivity index (χ1v) is 7.67. The molecule has 0 spiro atoms. The third kappa shape index (κ3) is 4.78. The van der Waals surface area contributed by atoms with Crippen molar-refractivity contribution in [2.24, 2.45) is 0 Å². The number of nitrogens with one attached hydrogen (secondary N) is 2. The van der Waals surface area contributed by atoms with Crippen LogP contribution in [0.15, 0.2) is 53.4 Å². The molecule has 0 radical (unpaired) electrons. The van der Waals surface area contributed by atoms with Crippen LogP contribution in [0.1, 0.15) is 10.4 Å². The largest absolute Gasteiger partial charge is 0.272 e. The van der Waals surface area contributed by atoms with Crippen LogP contribution in [0, 0.1) is 15.9 Å². The number of thioether (sulfide) groups is 1. The fraction of sp³-hybridized carbons (Fsp3) is 0.0667. The lowest BCUT2D eigenvalue weighted by atomic mass is 10.2. The van der Waals surface area contributed by atoms with Gasteiger partial charge in [-0.2, -0.15) is 0 Å². The van der Waals surface area contributed by atoms with Crippen molar-refractivity contribution in [3.8, 4) is 0 Å². The van der Waals surface area contributed by atoms with Crippen LogP contribution in [-0.2, 0) is 4.79 Å². The lowest BCUT2D eigenvalue weighted by Crippen LogP contribution is -2.42. The van der Waals surface area contributed by atoms with E-state index in [1.807, 2.05) is 0 Å². The van der Waals surface area contributed by atoms with Crippen LogP contribution in [0.5, 0.6) is 0 Å². The third-order valence-corrected chi connectivity index (χ3v) is 3.88. The van der Waals surface area contributed by atoms with Crippen molar-refractivity contribution in [3.63, 3.8) is 0 Å². The van der Waals surface area contributed by atoms with Gasteiger partial charge < -0.3 is 0 Å². The second-order valence-corrected chi connectivity index (χ2v) is 5.55. The summed E-state index contributed by atoms with van der Waals surface area (Å²) in [4.78, 5) is 33.9. The number of hydrazine groups is 1. The van der Waals surface area contributed by atoms with Crippen LogP contribution >= 0.6 is 11.8 Å². The number of nitrogens with zero attached hydrogens (tertiary/aromatic N) is 1. The van der Waals surface area contributed by atoms with Gasteiger partial charge in [-0.3, -0.25) is 30.6 Å². The molecule has 0 aliphatic heterocycles. The Bertz CT molecular complexity index is 785. The molecule has 2 N–H and O–H groups in total. The molecule has 2 rings (SSSR count). The van der Waals surface area contributed by atoms with Gasteiger partial charge in [0.25, 0.3) is 11.6 Å². The molecule has 0 atom stereocenters. The molecule has 0 heterocycles. The average molecular weight is 349 g/mol. The Kier molecular flexibility index (Phi) is 5.85. The van der Waals surface area contributed by atoms with Gasteiger partial charge in [0.1, 0.15) is 5.82 Å². The number of hydrogen-bond acceptors (Lipinski definition) is 5. The second-order valence-electron chi connectivity index (χ2n) is 4.53. The van der Waals surface area contributed by atoms with E-state index in [2.05, 4.69) is 10.9 Å². The van der Waals surface area contributed by atoms with Crippen LogP contribution in [0.3, 0.4) is 0 Å². The first kappa shape index (κ1) is 17.4. The van der Waals surface area contributed by atoms with Gasteiger partial charge >= 0.3 is 0 Å². The molecule has 2 aromatic rings. The van der Waals surface area contributed by atoms with E-state index in [9.17, 15) is 24.1 Å². The normalized spacial score (nSPS) is 10.0. The summed E-state index contributed by atoms with van der Waals surface area (Å²) < 4.78 is 13.4. The number of non-ortho nitro benzene ring substituents is 1. The van der Waals surface area contributed by atoms with Crippen molar-refractivity contribution in [2.45, 2.75) is 4.90 Å². The van der Waals surface area contributed by atoms with Gasteiger partial charge in [-0.1, -0.05) is 18.2 Å². The summed E-state index contributed by atoms with van der Waals surface area (Å²) in [5.74, 6) is -1.77. The number of amides is 2. The van der Waals surface area contributed by atoms with Gasteiger partial charge in [-0.05, 0) is 18.2 Å². The van der Waals surface area contributed by atoms with E-state index in [1.165, 1.54) is 30.3 Å². The molecule has 2 aromatic carbocycles. The number of halogens is 1. The van der Waals surface area contributed by atoms with E-state index in [0.29, 0.717) is 4.90 Å². The molecule has 0 aromatic heterocycles. The molecule has 0 saturated carbocycles. The molecule has 0 aliphatic carbocycles. The van der Waals surface area contributed by atoms with Crippen LogP contribution in [0.25, 0.3) is 0 Å². The Morgan fingerprint density at radius 2 is 1.88 bits per heavy atom. The van der Waals surface area contributed by atoms with Crippen molar-refractivity contribution >= 4 is 29.3 Å². The Balaban J connectivity index is 1.85. The summed E-state index contributed by atoms with van der Waals surface area (Å²) in [6.45, 7) is 0. The number of hydrogen-bond donors (Lipinski definition) is 2. The minimum absolute atomic E-state index is 0.0336. The highest BCUT2D eigenvalue weighted by atomic mass is 32.2. The molecular formula is C15H12FN3O4S. The maximum Gasteiger partial charge on any atom is 0.270 e. The first-order valence-electron chi connectivity index (χ1n) is 6.68. The third-order valence-electron chi connectivity index (χ3n) is 2.83. The van der Waals surface area contributed by atoms with Crippen LogP contribution in [0.2, 0.25) is 0 Å². The van der Waals surface area contributed by atoms with Crippen molar-refractivity contribution in [1.82, 2.24) is 10.9 Å².